The van der Waals surface area contributed by atoms with Crippen LogP contribution in [0, 0.1) is 0 Å². The number of esters is 1. The lowest BCUT2D eigenvalue weighted by molar-refractivity contribution is -0.119. The van der Waals surface area contributed by atoms with Gasteiger partial charge in [0.05, 0.1) is 11.8 Å². The van der Waals surface area contributed by atoms with Gasteiger partial charge in [-0.3, -0.25) is 4.79 Å². The number of aromatic hydroxyl groups is 1. The maximum Gasteiger partial charge on any atom is 0.338 e. The van der Waals surface area contributed by atoms with E-state index >= 15 is 0 Å². The Morgan fingerprint density at radius 3 is 2.25 bits per heavy atom. The van der Waals surface area contributed by atoms with E-state index < -0.39 is 11.9 Å². The molecule has 3 rings (SSSR count). The minimum absolute atomic E-state index is 0.0972. The summed E-state index contributed by atoms with van der Waals surface area (Å²) >= 11 is 0. The molecule has 1 heterocycles. The van der Waals surface area contributed by atoms with Crippen LogP contribution >= 0.6 is 0 Å². The number of hydrogen-bond acceptors (Lipinski definition) is 5. The summed E-state index contributed by atoms with van der Waals surface area (Å²) in [5, 5.41) is 16.2. The molecule has 7 heteroatoms. The van der Waals surface area contributed by atoms with E-state index in [1.165, 1.54) is 0 Å². The molecule has 0 saturated heterocycles. The zero-order valence-corrected chi connectivity index (χ0v) is 15.6. The van der Waals surface area contributed by atoms with Gasteiger partial charge in [-0.2, -0.15) is 5.10 Å². The van der Waals surface area contributed by atoms with Gasteiger partial charge in [0.2, 0.25) is 0 Å². The number of nitrogens with zero attached hydrogens (tertiary/aromatic N) is 2. The van der Waals surface area contributed by atoms with Gasteiger partial charge in [-0.05, 0) is 49.2 Å². The lowest BCUT2D eigenvalue weighted by Crippen LogP contribution is -2.23. The van der Waals surface area contributed by atoms with Gasteiger partial charge in [-0.1, -0.05) is 24.3 Å². The zero-order chi connectivity index (χ0) is 20.1. The molecule has 1 amide bonds. The van der Waals surface area contributed by atoms with Crippen LogP contribution < -0.4 is 5.32 Å². The quantitative estimate of drug-likeness (QED) is 0.638. The van der Waals surface area contributed by atoms with Crippen LogP contribution in [0.25, 0.3) is 11.1 Å². The highest BCUT2D eigenvalue weighted by atomic mass is 16.5. The number of benzene rings is 2. The van der Waals surface area contributed by atoms with E-state index in [1.54, 1.807) is 65.5 Å². The van der Waals surface area contributed by atoms with Crippen molar-refractivity contribution in [2.45, 2.75) is 19.9 Å². The van der Waals surface area contributed by atoms with E-state index in [0.29, 0.717) is 11.4 Å². The van der Waals surface area contributed by atoms with Gasteiger partial charge >= 0.3 is 5.97 Å². The number of rotatable bonds is 6. The summed E-state index contributed by atoms with van der Waals surface area (Å²) in [6, 6.07) is 15.4. The Morgan fingerprint density at radius 1 is 1.04 bits per heavy atom. The highest BCUT2D eigenvalue weighted by molar-refractivity contribution is 5.95. The predicted molar refractivity (Wildman–Crippen MR) is 105 cm³/mol. The van der Waals surface area contributed by atoms with Crippen LogP contribution in [0.5, 0.6) is 5.75 Å². The molecular weight excluding hydrogens is 358 g/mol. The molecule has 2 aromatic carbocycles. The highest BCUT2D eigenvalue weighted by Crippen LogP contribution is 2.22. The Labute approximate surface area is 162 Å². The first-order valence-corrected chi connectivity index (χ1v) is 8.84. The van der Waals surface area contributed by atoms with Crippen LogP contribution in [0.2, 0.25) is 0 Å². The van der Waals surface area contributed by atoms with Crippen molar-refractivity contribution in [1.29, 1.82) is 0 Å². The molecule has 0 fully saturated rings. The minimum atomic E-state index is -0.579. The van der Waals surface area contributed by atoms with E-state index in [9.17, 15) is 14.7 Å². The first-order chi connectivity index (χ1) is 13.4. The molecular formula is C21H21N3O4. The number of aromatic nitrogens is 2. The Hall–Kier alpha value is -3.61. The number of amides is 1. The molecule has 0 spiro atoms. The van der Waals surface area contributed by atoms with Crippen molar-refractivity contribution in [3.8, 4) is 16.9 Å². The average Bonchev–Trinajstić information content (AvgIpc) is 3.15. The molecule has 0 saturated carbocycles. The van der Waals surface area contributed by atoms with Crippen LogP contribution in [0.4, 0.5) is 5.82 Å². The Bertz CT molecular complexity index is 960. The SMILES string of the molecule is CC(C)n1nccc1NC(=O)COC(=O)c1ccc(-c2ccc(O)cc2)cc1. The molecule has 1 aromatic heterocycles. The number of phenols is 1. The first-order valence-electron chi connectivity index (χ1n) is 8.84. The van der Waals surface area contributed by atoms with E-state index in [1.807, 2.05) is 13.8 Å². The lowest BCUT2D eigenvalue weighted by atomic mass is 10.0. The van der Waals surface area contributed by atoms with Crippen LogP contribution in [0.1, 0.15) is 30.2 Å². The van der Waals surface area contributed by atoms with Crippen molar-refractivity contribution in [1.82, 2.24) is 9.78 Å². The van der Waals surface area contributed by atoms with Crippen molar-refractivity contribution in [2.24, 2.45) is 0 Å². The Balaban J connectivity index is 1.56. The molecule has 0 aliphatic heterocycles. The number of phenolic OH excluding ortho intramolecular Hbond substituents is 1. The van der Waals surface area contributed by atoms with Crippen LogP contribution in [0.15, 0.2) is 60.8 Å². The molecule has 0 aliphatic rings. The first kappa shape index (κ1) is 19.2. The summed E-state index contributed by atoms with van der Waals surface area (Å²) in [6.45, 7) is 3.51. The standard InChI is InChI=1S/C21H21N3O4/c1-14(2)24-19(11-12-22-24)23-20(26)13-28-21(27)17-5-3-15(4-6-17)16-7-9-18(25)10-8-16/h3-12,14,25H,13H2,1-2H3,(H,23,26). The highest BCUT2D eigenvalue weighted by Gasteiger charge is 2.13. The summed E-state index contributed by atoms with van der Waals surface area (Å²) in [5.74, 6) is -0.269. The third-order valence-electron chi connectivity index (χ3n) is 4.08. The molecule has 144 valence electrons. The van der Waals surface area contributed by atoms with Crippen molar-refractivity contribution >= 4 is 17.7 Å². The summed E-state index contributed by atoms with van der Waals surface area (Å²) < 4.78 is 6.76. The maximum absolute atomic E-state index is 12.2. The van der Waals surface area contributed by atoms with Crippen molar-refractivity contribution in [2.75, 3.05) is 11.9 Å². The average molecular weight is 379 g/mol. The van der Waals surface area contributed by atoms with Crippen molar-refractivity contribution < 1.29 is 19.4 Å². The van der Waals surface area contributed by atoms with Gasteiger partial charge < -0.3 is 15.2 Å². The Morgan fingerprint density at radius 2 is 1.64 bits per heavy atom. The number of ether oxygens (including phenoxy) is 1. The molecule has 0 unspecified atom stereocenters. The third-order valence-corrected chi connectivity index (χ3v) is 4.08. The van der Waals surface area contributed by atoms with Crippen LogP contribution in [-0.4, -0.2) is 33.4 Å². The summed E-state index contributed by atoms with van der Waals surface area (Å²) in [7, 11) is 0. The second kappa shape index (κ2) is 8.39. The van der Waals surface area contributed by atoms with E-state index in [-0.39, 0.29) is 18.4 Å². The number of carbonyl (C=O) groups excluding carboxylic acids is 2. The van der Waals surface area contributed by atoms with Gasteiger partial charge in [-0.15, -0.1) is 0 Å². The second-order valence-corrected chi connectivity index (χ2v) is 6.50. The van der Waals surface area contributed by atoms with E-state index in [0.717, 1.165) is 11.1 Å². The van der Waals surface area contributed by atoms with Crippen LogP contribution in [0.3, 0.4) is 0 Å². The molecule has 0 bridgehead atoms. The lowest BCUT2D eigenvalue weighted by Gasteiger charge is -2.12. The normalized spacial score (nSPS) is 10.7. The van der Waals surface area contributed by atoms with E-state index in [4.69, 9.17) is 4.74 Å². The van der Waals surface area contributed by atoms with Crippen LogP contribution in [-0.2, 0) is 9.53 Å². The fourth-order valence-electron chi connectivity index (χ4n) is 2.67. The van der Waals surface area contributed by atoms with Crippen molar-refractivity contribution in [3.63, 3.8) is 0 Å². The smallest absolute Gasteiger partial charge is 0.338 e. The third kappa shape index (κ3) is 4.56. The maximum atomic E-state index is 12.2. The van der Waals surface area contributed by atoms with Gasteiger partial charge in [0, 0.05) is 12.1 Å². The monoisotopic (exact) mass is 379 g/mol. The second-order valence-electron chi connectivity index (χ2n) is 6.50. The number of carbonyl (C=O) groups is 2. The minimum Gasteiger partial charge on any atom is -0.508 e. The molecule has 2 N–H and O–H groups in total. The molecule has 0 radical (unpaired) electrons. The van der Waals surface area contributed by atoms with Gasteiger partial charge in [0.15, 0.2) is 6.61 Å². The molecule has 28 heavy (non-hydrogen) atoms. The van der Waals surface area contributed by atoms with Gasteiger partial charge in [-0.25, -0.2) is 9.48 Å². The fraction of sp³-hybridized carbons (Fsp3) is 0.190. The fourth-order valence-corrected chi connectivity index (χ4v) is 2.67. The number of anilines is 1. The van der Waals surface area contributed by atoms with E-state index in [2.05, 4.69) is 10.4 Å². The summed E-state index contributed by atoms with van der Waals surface area (Å²) in [5.41, 5.74) is 2.16. The number of nitrogens with one attached hydrogen (secondary N) is 1. The van der Waals surface area contributed by atoms with Gasteiger partial charge in [0.1, 0.15) is 11.6 Å². The largest absolute Gasteiger partial charge is 0.508 e. The topological polar surface area (TPSA) is 93.5 Å². The van der Waals surface area contributed by atoms with Crippen molar-refractivity contribution in [3.05, 3.63) is 66.4 Å². The predicted octanol–water partition coefficient (Wildman–Crippen LogP) is 3.63. The Kier molecular flexibility index (Phi) is 5.74. The molecule has 0 atom stereocenters. The summed E-state index contributed by atoms with van der Waals surface area (Å²) in [6.07, 6.45) is 1.59. The molecule has 3 aromatic rings. The number of hydrogen-bond donors (Lipinski definition) is 2. The zero-order valence-electron chi connectivity index (χ0n) is 15.6. The van der Waals surface area contributed by atoms with Gasteiger partial charge in [0.25, 0.3) is 5.91 Å². The molecule has 0 aliphatic carbocycles. The molecule has 7 nitrogen and oxygen atoms in total. The summed E-state index contributed by atoms with van der Waals surface area (Å²) in [4.78, 5) is 24.2.